The third-order valence-corrected chi connectivity index (χ3v) is 6.24. The third-order valence-electron chi connectivity index (χ3n) is 4.12. The zero-order chi connectivity index (χ0) is 17.9. The van der Waals surface area contributed by atoms with Crippen LogP contribution in [0.25, 0.3) is 26.6 Å². The van der Waals surface area contributed by atoms with Crippen LogP contribution in [0.4, 0.5) is 0 Å². The molecule has 2 nitrogen and oxygen atoms in total. The van der Waals surface area contributed by atoms with E-state index in [0.717, 1.165) is 21.4 Å². The third kappa shape index (κ3) is 3.47. The molecule has 4 heteroatoms. The van der Waals surface area contributed by atoms with Crippen LogP contribution in [0.1, 0.15) is 15.2 Å². The number of carbonyl (C=O) groups is 1. The number of allylic oxidation sites excluding steroid dienone is 1. The number of ketones is 1. The van der Waals surface area contributed by atoms with E-state index in [9.17, 15) is 4.79 Å². The molecule has 2 aromatic carbocycles. The fourth-order valence-corrected chi connectivity index (χ4v) is 4.50. The molecule has 26 heavy (non-hydrogen) atoms. The maximum atomic E-state index is 12.5. The van der Waals surface area contributed by atoms with E-state index in [-0.39, 0.29) is 5.78 Å². The molecular weight excluding hydrogens is 360 g/mol. The van der Waals surface area contributed by atoms with Gasteiger partial charge in [0.15, 0.2) is 5.78 Å². The first-order valence-electron chi connectivity index (χ1n) is 8.17. The molecule has 0 fully saturated rings. The highest BCUT2D eigenvalue weighted by Gasteiger charge is 2.06. The van der Waals surface area contributed by atoms with Crippen LogP contribution in [0, 0.1) is 0 Å². The van der Waals surface area contributed by atoms with Gasteiger partial charge in [-0.15, -0.1) is 22.7 Å². The summed E-state index contributed by atoms with van der Waals surface area (Å²) in [6, 6.07) is 19.9. The van der Waals surface area contributed by atoms with Crippen molar-refractivity contribution in [2.24, 2.45) is 0 Å². The van der Waals surface area contributed by atoms with Crippen LogP contribution < -0.4 is 4.74 Å². The lowest BCUT2D eigenvalue weighted by molar-refractivity contribution is 0.104. The van der Waals surface area contributed by atoms with Crippen LogP contribution in [0.15, 0.2) is 72.1 Å². The van der Waals surface area contributed by atoms with Gasteiger partial charge in [0.2, 0.25) is 0 Å². The highest BCUT2D eigenvalue weighted by molar-refractivity contribution is 7.21. The van der Waals surface area contributed by atoms with Crippen molar-refractivity contribution < 1.29 is 9.53 Å². The second-order valence-electron chi connectivity index (χ2n) is 5.80. The summed E-state index contributed by atoms with van der Waals surface area (Å²) >= 11 is 3.42. The van der Waals surface area contributed by atoms with Crippen molar-refractivity contribution in [3.63, 3.8) is 0 Å². The van der Waals surface area contributed by atoms with Gasteiger partial charge in [-0.05, 0) is 64.7 Å². The average Bonchev–Trinajstić information content (AvgIpc) is 3.36. The number of benzene rings is 2. The molecule has 0 bridgehead atoms. The summed E-state index contributed by atoms with van der Waals surface area (Å²) in [5.41, 5.74) is 0.689. The van der Waals surface area contributed by atoms with Gasteiger partial charge in [0.25, 0.3) is 0 Å². The molecule has 0 aliphatic rings. The lowest BCUT2D eigenvalue weighted by atomic mass is 10.0. The first-order valence-corrected chi connectivity index (χ1v) is 9.86. The molecule has 2 heterocycles. The van der Waals surface area contributed by atoms with Crippen molar-refractivity contribution >= 4 is 45.3 Å². The Morgan fingerprint density at radius 2 is 1.81 bits per heavy atom. The molecule has 0 saturated carbocycles. The largest absolute Gasteiger partial charge is 0.497 e. The summed E-state index contributed by atoms with van der Waals surface area (Å²) in [7, 11) is 1.65. The maximum Gasteiger partial charge on any atom is 0.185 e. The number of fused-ring (bicyclic) bond motifs is 1. The van der Waals surface area contributed by atoms with Crippen LogP contribution in [0.2, 0.25) is 0 Å². The second kappa shape index (κ2) is 7.28. The summed E-state index contributed by atoms with van der Waals surface area (Å²) in [5, 5.41) is 4.16. The van der Waals surface area contributed by atoms with E-state index < -0.39 is 0 Å². The quantitative estimate of drug-likeness (QED) is 0.292. The van der Waals surface area contributed by atoms with Crippen molar-refractivity contribution in [3.8, 4) is 15.5 Å². The smallest absolute Gasteiger partial charge is 0.185 e. The van der Waals surface area contributed by atoms with Gasteiger partial charge in [-0.1, -0.05) is 24.3 Å². The van der Waals surface area contributed by atoms with Crippen molar-refractivity contribution in [1.82, 2.24) is 0 Å². The van der Waals surface area contributed by atoms with Crippen LogP contribution in [0.3, 0.4) is 0 Å². The summed E-state index contributed by atoms with van der Waals surface area (Å²) in [6.45, 7) is 0. The van der Waals surface area contributed by atoms with Crippen LogP contribution >= 0.6 is 22.7 Å². The lowest BCUT2D eigenvalue weighted by Crippen LogP contribution is -1.93. The number of methoxy groups -OCH3 is 1. The van der Waals surface area contributed by atoms with Crippen LogP contribution in [-0.4, -0.2) is 12.9 Å². The van der Waals surface area contributed by atoms with Gasteiger partial charge in [0, 0.05) is 20.2 Å². The van der Waals surface area contributed by atoms with Crippen molar-refractivity contribution in [3.05, 3.63) is 82.6 Å². The molecule has 0 aliphatic heterocycles. The number of hydrogen-bond acceptors (Lipinski definition) is 4. The SMILES string of the molecule is COc1ccc2cc(C(=O)/C=C/c3ccc(-c4cccs4)s3)ccc2c1. The van der Waals surface area contributed by atoms with Gasteiger partial charge in [-0.3, -0.25) is 4.79 Å². The normalized spacial score (nSPS) is 11.3. The Bertz CT molecular complexity index is 1090. The monoisotopic (exact) mass is 376 g/mol. The Hall–Kier alpha value is -2.69. The maximum absolute atomic E-state index is 12.5. The second-order valence-corrected chi connectivity index (χ2v) is 7.87. The van der Waals surface area contributed by atoms with Crippen molar-refractivity contribution in [2.75, 3.05) is 7.11 Å². The molecule has 0 radical (unpaired) electrons. The summed E-state index contributed by atoms with van der Waals surface area (Å²) in [5.74, 6) is 0.824. The molecule has 0 amide bonds. The summed E-state index contributed by atoms with van der Waals surface area (Å²) < 4.78 is 5.24. The Morgan fingerprint density at radius 1 is 0.962 bits per heavy atom. The topological polar surface area (TPSA) is 26.3 Å². The van der Waals surface area contributed by atoms with Crippen molar-refractivity contribution in [2.45, 2.75) is 0 Å². The van der Waals surface area contributed by atoms with E-state index in [1.54, 1.807) is 35.9 Å². The molecule has 4 rings (SSSR count). The fourth-order valence-electron chi connectivity index (χ4n) is 2.75. The number of rotatable bonds is 5. The Balaban J connectivity index is 1.54. The Kier molecular flexibility index (Phi) is 4.69. The molecule has 0 unspecified atom stereocenters. The summed E-state index contributed by atoms with van der Waals surface area (Å²) in [6.07, 6.45) is 3.54. The minimum atomic E-state index is 0.00814. The van der Waals surface area contributed by atoms with Gasteiger partial charge >= 0.3 is 0 Å². The van der Waals surface area contributed by atoms with Crippen molar-refractivity contribution in [1.29, 1.82) is 0 Å². The molecule has 0 aliphatic carbocycles. The van der Waals surface area contributed by atoms with Gasteiger partial charge in [0.1, 0.15) is 5.75 Å². The predicted octanol–water partition coefficient (Wildman–Crippen LogP) is 6.53. The standard InChI is InChI=1S/C22H16O2S2/c1-24-18-7-6-15-13-17(5-4-16(15)14-18)20(23)10-8-19-9-11-22(26-19)21-3-2-12-25-21/h2-14H,1H3/b10-8+. The number of ether oxygens (including phenoxy) is 1. The fraction of sp³-hybridized carbons (Fsp3) is 0.0455. The van der Waals surface area contributed by atoms with Gasteiger partial charge < -0.3 is 4.74 Å². The Labute approximate surface area is 160 Å². The molecule has 0 N–H and O–H groups in total. The van der Waals surface area contributed by atoms with Crippen LogP contribution in [-0.2, 0) is 0 Å². The highest BCUT2D eigenvalue weighted by atomic mass is 32.1. The van der Waals surface area contributed by atoms with E-state index >= 15 is 0 Å². The Morgan fingerprint density at radius 3 is 2.62 bits per heavy atom. The van der Waals surface area contributed by atoms with Gasteiger partial charge in [0.05, 0.1) is 7.11 Å². The minimum absolute atomic E-state index is 0.00814. The number of hydrogen-bond donors (Lipinski definition) is 0. The average molecular weight is 377 g/mol. The van der Waals surface area contributed by atoms with Crippen LogP contribution in [0.5, 0.6) is 5.75 Å². The number of thiophene rings is 2. The lowest BCUT2D eigenvalue weighted by Gasteiger charge is -2.04. The van der Waals surface area contributed by atoms with Gasteiger partial charge in [-0.25, -0.2) is 0 Å². The molecule has 128 valence electrons. The minimum Gasteiger partial charge on any atom is -0.497 e. The first-order chi connectivity index (χ1) is 12.7. The van der Waals surface area contributed by atoms with E-state index in [1.807, 2.05) is 48.5 Å². The molecular formula is C22H16O2S2. The molecule has 0 atom stereocenters. The van der Waals surface area contributed by atoms with E-state index in [1.165, 1.54) is 9.75 Å². The molecule has 0 spiro atoms. The van der Waals surface area contributed by atoms with Gasteiger partial charge in [-0.2, -0.15) is 0 Å². The number of carbonyl (C=O) groups excluding carboxylic acids is 1. The zero-order valence-electron chi connectivity index (χ0n) is 14.1. The zero-order valence-corrected chi connectivity index (χ0v) is 15.8. The summed E-state index contributed by atoms with van der Waals surface area (Å²) in [4.78, 5) is 16.1. The predicted molar refractivity (Wildman–Crippen MR) is 111 cm³/mol. The molecule has 0 saturated heterocycles. The molecule has 4 aromatic rings. The van der Waals surface area contributed by atoms with E-state index in [2.05, 4.69) is 23.6 Å². The highest BCUT2D eigenvalue weighted by Crippen LogP contribution is 2.32. The van der Waals surface area contributed by atoms with E-state index in [0.29, 0.717) is 5.56 Å². The first kappa shape index (κ1) is 16.8. The van der Waals surface area contributed by atoms with E-state index in [4.69, 9.17) is 4.74 Å². The molecule has 2 aromatic heterocycles.